The van der Waals surface area contributed by atoms with Crippen molar-refractivity contribution < 1.29 is 18.6 Å². The lowest BCUT2D eigenvalue weighted by atomic mass is 10.2. The van der Waals surface area contributed by atoms with Crippen LogP contribution in [0.25, 0.3) is 0 Å². The molecule has 0 N–H and O–H groups in total. The van der Waals surface area contributed by atoms with Gasteiger partial charge in [-0.1, -0.05) is 11.8 Å². The number of ether oxygens (including phenoxy) is 3. The van der Waals surface area contributed by atoms with Crippen molar-refractivity contribution >= 4 is 11.6 Å². The summed E-state index contributed by atoms with van der Waals surface area (Å²) in [6.07, 6.45) is 0.711. The maximum Gasteiger partial charge on any atom is 0.137 e. The summed E-state index contributed by atoms with van der Waals surface area (Å²) >= 11 is 5.51. The third-order valence-corrected chi connectivity index (χ3v) is 2.49. The summed E-state index contributed by atoms with van der Waals surface area (Å²) in [7, 11) is 1.62. The van der Waals surface area contributed by atoms with Crippen molar-refractivity contribution in [2.24, 2.45) is 0 Å². The van der Waals surface area contributed by atoms with Gasteiger partial charge >= 0.3 is 0 Å². The molecule has 110 valence electrons. The van der Waals surface area contributed by atoms with Gasteiger partial charge in [-0.2, -0.15) is 0 Å². The largest absolute Gasteiger partial charge is 0.492 e. The minimum atomic E-state index is -0.354. The Labute approximate surface area is 124 Å². The molecule has 0 bridgehead atoms. The van der Waals surface area contributed by atoms with Gasteiger partial charge in [-0.15, -0.1) is 11.6 Å². The molecule has 0 aromatic heterocycles. The molecule has 0 aliphatic heterocycles. The molecule has 5 heteroatoms. The summed E-state index contributed by atoms with van der Waals surface area (Å²) in [5, 5.41) is 0. The molecule has 0 spiro atoms. The number of benzene rings is 1. The van der Waals surface area contributed by atoms with Crippen LogP contribution in [-0.2, 0) is 9.47 Å². The molecule has 0 saturated heterocycles. The van der Waals surface area contributed by atoms with Crippen LogP contribution in [0.5, 0.6) is 5.75 Å². The predicted octanol–water partition coefficient (Wildman–Crippen LogP) is 2.85. The Balaban J connectivity index is 2.40. The molecule has 0 aliphatic carbocycles. The van der Waals surface area contributed by atoms with E-state index in [9.17, 15) is 4.39 Å². The molecule has 1 aromatic carbocycles. The smallest absolute Gasteiger partial charge is 0.137 e. The normalized spacial score (nSPS) is 9.95. The zero-order valence-electron chi connectivity index (χ0n) is 11.5. The van der Waals surface area contributed by atoms with E-state index in [0.29, 0.717) is 44.2 Å². The minimum absolute atomic E-state index is 0.226. The molecule has 0 atom stereocenters. The first-order valence-corrected chi connectivity index (χ1v) is 6.85. The molecule has 0 amide bonds. The van der Waals surface area contributed by atoms with Gasteiger partial charge in [0.05, 0.1) is 31.3 Å². The van der Waals surface area contributed by atoms with Gasteiger partial charge in [-0.3, -0.25) is 0 Å². The van der Waals surface area contributed by atoms with Crippen molar-refractivity contribution in [3.63, 3.8) is 0 Å². The molecule has 0 fully saturated rings. The van der Waals surface area contributed by atoms with E-state index in [1.54, 1.807) is 13.2 Å². The Morgan fingerprint density at radius 1 is 1.20 bits per heavy atom. The fourth-order valence-electron chi connectivity index (χ4n) is 1.43. The highest BCUT2D eigenvalue weighted by molar-refractivity contribution is 6.19. The number of hydrogen-bond donors (Lipinski definition) is 0. The molecule has 0 saturated carbocycles. The average molecular weight is 301 g/mol. The van der Waals surface area contributed by atoms with E-state index in [2.05, 4.69) is 11.8 Å². The van der Waals surface area contributed by atoms with Crippen molar-refractivity contribution in [2.75, 3.05) is 39.4 Å². The van der Waals surface area contributed by atoms with Gasteiger partial charge in [0.15, 0.2) is 0 Å². The third kappa shape index (κ3) is 6.76. The summed E-state index contributed by atoms with van der Waals surface area (Å²) in [6, 6.07) is 4.25. The van der Waals surface area contributed by atoms with Crippen LogP contribution >= 0.6 is 11.6 Å². The number of hydrogen-bond acceptors (Lipinski definition) is 3. The Kier molecular flexibility index (Phi) is 8.81. The van der Waals surface area contributed by atoms with Crippen LogP contribution in [0.2, 0.25) is 0 Å². The lowest BCUT2D eigenvalue weighted by Crippen LogP contribution is -2.07. The minimum Gasteiger partial charge on any atom is -0.492 e. The predicted molar refractivity (Wildman–Crippen MR) is 76.8 cm³/mol. The maximum absolute atomic E-state index is 13.2. The second-order valence-electron chi connectivity index (χ2n) is 3.88. The Morgan fingerprint density at radius 3 is 2.80 bits per heavy atom. The number of rotatable bonds is 8. The standard InChI is InChI=1S/C15H18ClFO3/c1-18-10-11-19-8-3-9-20-15-12-14(17)6-5-13(15)4-2-7-16/h5-6,12H,3,7-11H2,1H3. The molecule has 1 rings (SSSR count). The average Bonchev–Trinajstić information content (AvgIpc) is 2.45. The topological polar surface area (TPSA) is 27.7 Å². The van der Waals surface area contributed by atoms with Crippen LogP contribution in [0, 0.1) is 17.7 Å². The molecule has 3 nitrogen and oxygen atoms in total. The number of halogens is 2. The van der Waals surface area contributed by atoms with Crippen molar-refractivity contribution in [1.82, 2.24) is 0 Å². The maximum atomic E-state index is 13.2. The second kappa shape index (κ2) is 10.5. The quantitative estimate of drug-likeness (QED) is 0.420. The van der Waals surface area contributed by atoms with Crippen LogP contribution < -0.4 is 4.74 Å². The molecule has 0 aliphatic rings. The van der Waals surface area contributed by atoms with Crippen molar-refractivity contribution in [2.45, 2.75) is 6.42 Å². The van der Waals surface area contributed by atoms with E-state index in [1.165, 1.54) is 12.1 Å². The monoisotopic (exact) mass is 300 g/mol. The van der Waals surface area contributed by atoms with Gasteiger partial charge in [-0.25, -0.2) is 4.39 Å². The summed E-state index contributed by atoms with van der Waals surface area (Å²) in [5.74, 6) is 5.86. The van der Waals surface area contributed by atoms with Crippen LogP contribution in [0.1, 0.15) is 12.0 Å². The molecular weight excluding hydrogens is 283 g/mol. The van der Waals surface area contributed by atoms with Crippen LogP contribution in [0.4, 0.5) is 4.39 Å². The highest BCUT2D eigenvalue weighted by Gasteiger charge is 2.03. The fourth-order valence-corrected chi connectivity index (χ4v) is 1.50. The number of methoxy groups -OCH3 is 1. The molecular formula is C15H18ClFO3. The SMILES string of the molecule is COCCOCCCOc1cc(F)ccc1C#CCCl. The molecule has 1 aromatic rings. The van der Waals surface area contributed by atoms with E-state index < -0.39 is 0 Å². The van der Waals surface area contributed by atoms with Crippen LogP contribution in [0.15, 0.2) is 18.2 Å². The second-order valence-corrected chi connectivity index (χ2v) is 4.15. The van der Waals surface area contributed by atoms with Crippen LogP contribution in [0.3, 0.4) is 0 Å². The van der Waals surface area contributed by atoms with Gasteiger partial charge < -0.3 is 14.2 Å². The van der Waals surface area contributed by atoms with E-state index in [-0.39, 0.29) is 11.7 Å². The Bertz CT molecular complexity index is 454. The van der Waals surface area contributed by atoms with E-state index >= 15 is 0 Å². The lowest BCUT2D eigenvalue weighted by Gasteiger charge is -2.09. The molecule has 0 heterocycles. The number of alkyl halides is 1. The third-order valence-electron chi connectivity index (χ3n) is 2.36. The van der Waals surface area contributed by atoms with E-state index in [0.717, 1.165) is 0 Å². The Hall–Kier alpha value is -1.28. The Morgan fingerprint density at radius 2 is 2.05 bits per heavy atom. The van der Waals surface area contributed by atoms with Crippen LogP contribution in [-0.4, -0.2) is 39.4 Å². The first kappa shape index (κ1) is 16.8. The fraction of sp³-hybridized carbons (Fsp3) is 0.467. The molecule has 0 unspecified atom stereocenters. The van der Waals surface area contributed by atoms with Crippen molar-refractivity contribution in [1.29, 1.82) is 0 Å². The van der Waals surface area contributed by atoms with E-state index in [4.69, 9.17) is 25.8 Å². The van der Waals surface area contributed by atoms with Gasteiger partial charge in [0.1, 0.15) is 11.6 Å². The zero-order valence-corrected chi connectivity index (χ0v) is 12.2. The van der Waals surface area contributed by atoms with Gasteiger partial charge in [-0.05, 0) is 12.1 Å². The first-order valence-electron chi connectivity index (χ1n) is 6.31. The lowest BCUT2D eigenvalue weighted by molar-refractivity contribution is 0.0644. The van der Waals surface area contributed by atoms with Gasteiger partial charge in [0, 0.05) is 26.2 Å². The van der Waals surface area contributed by atoms with E-state index in [1.807, 2.05) is 0 Å². The molecule has 20 heavy (non-hydrogen) atoms. The van der Waals surface area contributed by atoms with Crippen molar-refractivity contribution in [3.05, 3.63) is 29.6 Å². The first-order chi connectivity index (χ1) is 9.77. The zero-order chi connectivity index (χ0) is 14.6. The van der Waals surface area contributed by atoms with Crippen molar-refractivity contribution in [3.8, 4) is 17.6 Å². The highest BCUT2D eigenvalue weighted by Crippen LogP contribution is 2.19. The summed E-state index contributed by atoms with van der Waals surface area (Å²) in [4.78, 5) is 0. The molecule has 0 radical (unpaired) electrons. The summed E-state index contributed by atoms with van der Waals surface area (Å²) in [6.45, 7) is 2.14. The van der Waals surface area contributed by atoms with Gasteiger partial charge in [0.25, 0.3) is 0 Å². The van der Waals surface area contributed by atoms with Gasteiger partial charge in [0.2, 0.25) is 0 Å². The summed E-state index contributed by atoms with van der Waals surface area (Å²) in [5.41, 5.74) is 0.632. The highest BCUT2D eigenvalue weighted by atomic mass is 35.5. The summed E-state index contributed by atoms with van der Waals surface area (Å²) < 4.78 is 28.9.